The van der Waals surface area contributed by atoms with Crippen LogP contribution in [0.15, 0.2) is 42.9 Å². The molecule has 102 valence electrons. The highest BCUT2D eigenvalue weighted by Gasteiger charge is 2.08. The minimum absolute atomic E-state index is 0.443. The normalized spacial score (nSPS) is 10.9. The van der Waals surface area contributed by atoms with Gasteiger partial charge in [0, 0.05) is 12.1 Å². The van der Waals surface area contributed by atoms with Gasteiger partial charge in [-0.25, -0.2) is 9.97 Å². The molecule has 0 atom stereocenters. The number of fused-ring (bicyclic) bond motifs is 1. The second-order valence-electron chi connectivity index (χ2n) is 4.50. The van der Waals surface area contributed by atoms with Gasteiger partial charge < -0.3 is 9.30 Å². The third-order valence-corrected chi connectivity index (χ3v) is 3.53. The molecule has 3 aromatic rings. The summed E-state index contributed by atoms with van der Waals surface area (Å²) in [4.78, 5) is 8.81. The monoisotopic (exact) mass is 287 g/mol. The number of halogens is 1. The quantitative estimate of drug-likeness (QED) is 0.692. The highest BCUT2D eigenvalue weighted by molar-refractivity contribution is 6.17. The molecule has 0 radical (unpaired) electrons. The van der Waals surface area contributed by atoms with E-state index in [4.69, 9.17) is 16.3 Å². The van der Waals surface area contributed by atoms with E-state index in [1.807, 2.05) is 34.9 Å². The van der Waals surface area contributed by atoms with Crippen LogP contribution >= 0.6 is 11.6 Å². The van der Waals surface area contributed by atoms with Gasteiger partial charge in [0.25, 0.3) is 0 Å². The van der Waals surface area contributed by atoms with E-state index < -0.39 is 0 Å². The van der Waals surface area contributed by atoms with E-state index in [9.17, 15) is 0 Å². The van der Waals surface area contributed by atoms with Gasteiger partial charge in [-0.1, -0.05) is 12.1 Å². The molecule has 5 heteroatoms. The van der Waals surface area contributed by atoms with Gasteiger partial charge in [0.15, 0.2) is 5.65 Å². The Labute approximate surface area is 122 Å². The van der Waals surface area contributed by atoms with Gasteiger partial charge in [0.05, 0.1) is 20.0 Å². The standard InChI is InChI=1S/C15H14ClN3O/c1-20-13-4-2-11(3-5-13)9-19-10-18-14-12(8-16)6-7-17-15(14)19/h2-7,10H,8-9H2,1H3. The van der Waals surface area contributed by atoms with Gasteiger partial charge in [0.1, 0.15) is 11.3 Å². The van der Waals surface area contributed by atoms with Crippen molar-refractivity contribution in [2.75, 3.05) is 7.11 Å². The average molecular weight is 288 g/mol. The summed E-state index contributed by atoms with van der Waals surface area (Å²) in [5, 5.41) is 0. The summed E-state index contributed by atoms with van der Waals surface area (Å²) in [6.07, 6.45) is 3.57. The van der Waals surface area contributed by atoms with Crippen LogP contribution in [0.5, 0.6) is 5.75 Å². The number of aromatic nitrogens is 3. The number of rotatable bonds is 4. The molecule has 0 saturated heterocycles. The molecule has 0 N–H and O–H groups in total. The molecule has 0 fully saturated rings. The molecule has 0 aliphatic heterocycles. The summed E-state index contributed by atoms with van der Waals surface area (Å²) in [7, 11) is 1.66. The van der Waals surface area contributed by atoms with Crippen LogP contribution in [0.2, 0.25) is 0 Å². The zero-order valence-electron chi connectivity index (χ0n) is 11.1. The summed E-state index contributed by atoms with van der Waals surface area (Å²) >= 11 is 5.92. The van der Waals surface area contributed by atoms with Crippen molar-refractivity contribution in [3.8, 4) is 5.75 Å². The first kappa shape index (κ1) is 12.9. The van der Waals surface area contributed by atoms with Crippen molar-refractivity contribution in [2.45, 2.75) is 12.4 Å². The maximum Gasteiger partial charge on any atom is 0.160 e. The number of imidazole rings is 1. The first-order chi connectivity index (χ1) is 9.81. The molecule has 0 saturated carbocycles. The predicted octanol–water partition coefficient (Wildman–Crippen LogP) is 3.23. The van der Waals surface area contributed by atoms with Crippen LogP contribution in [0.1, 0.15) is 11.1 Å². The van der Waals surface area contributed by atoms with Gasteiger partial charge in [0.2, 0.25) is 0 Å². The van der Waals surface area contributed by atoms with Gasteiger partial charge >= 0.3 is 0 Å². The third kappa shape index (κ3) is 2.34. The van der Waals surface area contributed by atoms with Crippen molar-refractivity contribution >= 4 is 22.8 Å². The van der Waals surface area contributed by atoms with E-state index in [-0.39, 0.29) is 0 Å². The second-order valence-corrected chi connectivity index (χ2v) is 4.76. The van der Waals surface area contributed by atoms with Gasteiger partial charge in [-0.2, -0.15) is 0 Å². The number of hydrogen-bond donors (Lipinski definition) is 0. The second kappa shape index (κ2) is 5.51. The lowest BCUT2D eigenvalue weighted by molar-refractivity contribution is 0.414. The molecule has 0 amide bonds. The number of benzene rings is 1. The van der Waals surface area contributed by atoms with Crippen molar-refractivity contribution < 1.29 is 4.74 Å². The lowest BCUT2D eigenvalue weighted by Crippen LogP contribution is -1.99. The SMILES string of the molecule is COc1ccc(Cn2cnc3c(CCl)ccnc32)cc1. The van der Waals surface area contributed by atoms with Crippen LogP contribution < -0.4 is 4.74 Å². The fourth-order valence-corrected chi connectivity index (χ4v) is 2.38. The fourth-order valence-electron chi connectivity index (χ4n) is 2.17. The van der Waals surface area contributed by atoms with Crippen molar-refractivity contribution in [3.63, 3.8) is 0 Å². The van der Waals surface area contributed by atoms with Crippen molar-refractivity contribution in [3.05, 3.63) is 54.0 Å². The zero-order chi connectivity index (χ0) is 13.9. The Morgan fingerprint density at radius 1 is 1.15 bits per heavy atom. The minimum Gasteiger partial charge on any atom is -0.497 e. The molecule has 4 nitrogen and oxygen atoms in total. The molecule has 0 spiro atoms. The number of ether oxygens (including phenoxy) is 1. The summed E-state index contributed by atoms with van der Waals surface area (Å²) in [5.74, 6) is 1.30. The molecule has 0 bridgehead atoms. The predicted molar refractivity (Wildman–Crippen MR) is 79.2 cm³/mol. The van der Waals surface area contributed by atoms with E-state index in [0.29, 0.717) is 5.88 Å². The number of methoxy groups -OCH3 is 1. The summed E-state index contributed by atoms with van der Waals surface area (Å²) in [6, 6.07) is 9.88. The van der Waals surface area contributed by atoms with Crippen LogP contribution in [0, 0.1) is 0 Å². The van der Waals surface area contributed by atoms with Gasteiger partial charge in [-0.3, -0.25) is 0 Å². The van der Waals surface area contributed by atoms with Crippen molar-refractivity contribution in [2.24, 2.45) is 0 Å². The summed E-state index contributed by atoms with van der Waals surface area (Å²) in [5.41, 5.74) is 3.91. The molecule has 1 aromatic carbocycles. The van der Waals surface area contributed by atoms with E-state index in [1.54, 1.807) is 19.6 Å². The Kier molecular flexibility index (Phi) is 3.56. The van der Waals surface area contributed by atoms with Gasteiger partial charge in [-0.05, 0) is 29.3 Å². The highest BCUT2D eigenvalue weighted by atomic mass is 35.5. The Morgan fingerprint density at radius 2 is 1.95 bits per heavy atom. The van der Waals surface area contributed by atoms with Crippen LogP contribution in [0.25, 0.3) is 11.2 Å². The number of pyridine rings is 1. The fraction of sp³-hybridized carbons (Fsp3) is 0.200. The topological polar surface area (TPSA) is 39.9 Å². The Bertz CT molecular complexity index is 722. The average Bonchev–Trinajstić information content (AvgIpc) is 2.91. The number of nitrogens with zero attached hydrogens (tertiary/aromatic N) is 3. The molecule has 2 heterocycles. The smallest absolute Gasteiger partial charge is 0.160 e. The van der Waals surface area contributed by atoms with Crippen LogP contribution in [0.3, 0.4) is 0 Å². The maximum absolute atomic E-state index is 5.92. The minimum atomic E-state index is 0.443. The van der Waals surface area contributed by atoms with Crippen LogP contribution in [-0.2, 0) is 12.4 Å². The molecule has 20 heavy (non-hydrogen) atoms. The lowest BCUT2D eigenvalue weighted by Gasteiger charge is -2.05. The van der Waals surface area contributed by atoms with Crippen molar-refractivity contribution in [1.29, 1.82) is 0 Å². The number of hydrogen-bond acceptors (Lipinski definition) is 3. The number of alkyl halides is 1. The largest absolute Gasteiger partial charge is 0.497 e. The molecule has 0 aliphatic rings. The van der Waals surface area contributed by atoms with E-state index >= 15 is 0 Å². The molecule has 0 unspecified atom stereocenters. The Balaban J connectivity index is 1.94. The van der Waals surface area contributed by atoms with Gasteiger partial charge in [-0.15, -0.1) is 11.6 Å². The summed E-state index contributed by atoms with van der Waals surface area (Å²) < 4.78 is 7.18. The molecule has 3 rings (SSSR count). The third-order valence-electron chi connectivity index (χ3n) is 3.24. The molecular weight excluding hydrogens is 274 g/mol. The van der Waals surface area contributed by atoms with E-state index in [1.165, 1.54) is 5.56 Å². The van der Waals surface area contributed by atoms with Crippen LogP contribution in [-0.4, -0.2) is 21.6 Å². The maximum atomic E-state index is 5.92. The molecular formula is C15H14ClN3O. The van der Waals surface area contributed by atoms with E-state index in [2.05, 4.69) is 9.97 Å². The van der Waals surface area contributed by atoms with Crippen molar-refractivity contribution in [1.82, 2.24) is 14.5 Å². The molecule has 0 aliphatic carbocycles. The first-order valence-electron chi connectivity index (χ1n) is 6.29. The Hall–Kier alpha value is -2.07. The first-order valence-corrected chi connectivity index (χ1v) is 6.83. The molecule has 2 aromatic heterocycles. The zero-order valence-corrected chi connectivity index (χ0v) is 11.8. The van der Waals surface area contributed by atoms with Crippen LogP contribution in [0.4, 0.5) is 0 Å². The van der Waals surface area contributed by atoms with E-state index in [0.717, 1.165) is 29.0 Å². The summed E-state index contributed by atoms with van der Waals surface area (Å²) in [6.45, 7) is 0.721. The highest BCUT2D eigenvalue weighted by Crippen LogP contribution is 2.18. The lowest BCUT2D eigenvalue weighted by atomic mass is 10.2. The Morgan fingerprint density at radius 3 is 2.65 bits per heavy atom.